The van der Waals surface area contributed by atoms with Gasteiger partial charge in [0.2, 0.25) is 0 Å². The molecule has 0 aliphatic carbocycles. The summed E-state index contributed by atoms with van der Waals surface area (Å²) in [6, 6.07) is 6.69. The fraction of sp³-hybridized carbons (Fsp3) is 0.368. The van der Waals surface area contributed by atoms with Crippen LogP contribution in [-0.4, -0.2) is 30.0 Å². The van der Waals surface area contributed by atoms with Crippen LogP contribution in [0.1, 0.15) is 26.3 Å². The van der Waals surface area contributed by atoms with Crippen molar-refractivity contribution in [2.45, 2.75) is 20.8 Å². The number of hydrogen-bond donors (Lipinski definition) is 0. The van der Waals surface area contributed by atoms with E-state index < -0.39 is 0 Å². The van der Waals surface area contributed by atoms with E-state index in [4.69, 9.17) is 0 Å². The van der Waals surface area contributed by atoms with E-state index in [9.17, 15) is 10.1 Å². The minimum absolute atomic E-state index is 0.00320. The van der Waals surface area contributed by atoms with E-state index >= 15 is 0 Å². The fourth-order valence-corrected chi connectivity index (χ4v) is 1.96. The molecule has 0 heterocycles. The zero-order valence-corrected chi connectivity index (χ0v) is 14.3. The third-order valence-corrected chi connectivity index (χ3v) is 3.01. The normalized spacial score (nSPS) is 11.3. The van der Waals surface area contributed by atoms with Crippen LogP contribution >= 0.6 is 0 Å². The molecule has 1 aromatic rings. The number of likely N-dealkylation sites (N-methyl/N-ethyl adjacent to an activating group) is 1. The van der Waals surface area contributed by atoms with E-state index in [0.717, 1.165) is 5.57 Å². The number of allylic oxidation sites excluding steroid dienone is 1. The Morgan fingerprint density at radius 1 is 1.39 bits per heavy atom. The first-order chi connectivity index (χ1) is 10.7. The smallest absolute Gasteiger partial charge is 0.276 e. The number of para-hydroxylation sites is 1. The van der Waals surface area contributed by atoms with Gasteiger partial charge >= 0.3 is 0 Å². The van der Waals surface area contributed by atoms with Crippen molar-refractivity contribution in [3.05, 3.63) is 58.7 Å². The Morgan fingerprint density at radius 2 is 2.04 bits per heavy atom. The molecule has 0 aliphatic rings. The number of rotatable bonds is 6. The second kappa shape index (κ2) is 8.30. The van der Waals surface area contributed by atoms with Gasteiger partial charge in [0.25, 0.3) is 5.69 Å². The van der Waals surface area contributed by atoms with Crippen LogP contribution in [0.25, 0.3) is 5.57 Å². The van der Waals surface area contributed by atoms with Crippen LogP contribution in [0.5, 0.6) is 0 Å². The molecule has 0 unspecified atom stereocenters. The zero-order valence-electron chi connectivity index (χ0n) is 14.3. The van der Waals surface area contributed by atoms with Gasteiger partial charge in [-0.05, 0) is 45.5 Å². The summed E-state index contributed by atoms with van der Waals surface area (Å²) in [5.74, 6) is 6.16. The van der Waals surface area contributed by atoms with Crippen LogP contribution in [-0.2, 0) is 0 Å². The average Bonchev–Trinajstić information content (AvgIpc) is 2.45. The highest BCUT2D eigenvalue weighted by molar-refractivity contribution is 5.72. The molecule has 23 heavy (non-hydrogen) atoms. The van der Waals surface area contributed by atoms with Gasteiger partial charge in [-0.15, -0.1) is 0 Å². The highest BCUT2D eigenvalue weighted by Crippen LogP contribution is 2.24. The first-order valence-electron chi connectivity index (χ1n) is 7.48. The van der Waals surface area contributed by atoms with Crippen molar-refractivity contribution in [3.8, 4) is 11.8 Å². The quantitative estimate of drug-likeness (QED) is 0.450. The fourth-order valence-electron chi connectivity index (χ4n) is 1.96. The lowest BCUT2D eigenvalue weighted by Gasteiger charge is -2.16. The standard InChI is InChI=1S/C19H24N2O2/c1-16(17-11-7-8-12-18(17)21(22)23)15-20(5)14-10-6-9-13-19(2,3)4/h6-8,10-12H,1,14-15H2,2-5H3. The predicted octanol–water partition coefficient (Wildman–Crippen LogP) is 4.15. The van der Waals surface area contributed by atoms with Crippen LogP contribution in [0.15, 0.2) is 43.0 Å². The summed E-state index contributed by atoms with van der Waals surface area (Å²) in [4.78, 5) is 12.7. The third-order valence-electron chi connectivity index (χ3n) is 3.01. The van der Waals surface area contributed by atoms with Gasteiger partial charge in [-0.1, -0.05) is 36.6 Å². The first kappa shape index (κ1) is 18.7. The van der Waals surface area contributed by atoms with Crippen molar-refractivity contribution in [1.29, 1.82) is 0 Å². The zero-order chi connectivity index (χ0) is 17.5. The van der Waals surface area contributed by atoms with E-state index in [2.05, 4.69) is 39.2 Å². The summed E-state index contributed by atoms with van der Waals surface area (Å²) < 4.78 is 0. The molecule has 0 bridgehead atoms. The maximum absolute atomic E-state index is 11.1. The molecule has 0 saturated carbocycles. The third kappa shape index (κ3) is 6.94. The van der Waals surface area contributed by atoms with Crippen molar-refractivity contribution in [3.63, 3.8) is 0 Å². The largest absolute Gasteiger partial charge is 0.298 e. The predicted molar refractivity (Wildman–Crippen MR) is 96.0 cm³/mol. The number of benzene rings is 1. The van der Waals surface area contributed by atoms with Crippen molar-refractivity contribution < 1.29 is 4.92 Å². The van der Waals surface area contributed by atoms with Crippen molar-refractivity contribution in [1.82, 2.24) is 4.90 Å². The molecule has 122 valence electrons. The molecule has 0 aliphatic heterocycles. The molecule has 0 radical (unpaired) electrons. The minimum Gasteiger partial charge on any atom is -0.298 e. The Hall–Kier alpha value is -2.38. The molecule has 0 N–H and O–H groups in total. The Kier molecular flexibility index (Phi) is 6.74. The number of hydrogen-bond acceptors (Lipinski definition) is 3. The lowest BCUT2D eigenvalue weighted by Crippen LogP contribution is -2.20. The van der Waals surface area contributed by atoms with Gasteiger partial charge in [0, 0.05) is 24.6 Å². The van der Waals surface area contributed by atoms with Gasteiger partial charge in [-0.2, -0.15) is 0 Å². The summed E-state index contributed by atoms with van der Waals surface area (Å²) in [5, 5.41) is 11.1. The SMILES string of the molecule is C=C(CN(C)CC=CC#CC(C)(C)C)c1ccccc1[N+](=O)[O-]. The second-order valence-corrected chi connectivity index (χ2v) is 6.50. The Morgan fingerprint density at radius 3 is 2.65 bits per heavy atom. The van der Waals surface area contributed by atoms with Gasteiger partial charge in [0.15, 0.2) is 0 Å². The molecule has 0 atom stereocenters. The highest BCUT2D eigenvalue weighted by atomic mass is 16.6. The maximum Gasteiger partial charge on any atom is 0.276 e. The summed E-state index contributed by atoms with van der Waals surface area (Å²) in [7, 11) is 1.95. The van der Waals surface area contributed by atoms with Gasteiger partial charge in [0.05, 0.1) is 10.5 Å². The molecule has 0 spiro atoms. The van der Waals surface area contributed by atoms with E-state index in [1.807, 2.05) is 24.1 Å². The van der Waals surface area contributed by atoms with E-state index in [1.165, 1.54) is 6.07 Å². The summed E-state index contributed by atoms with van der Waals surface area (Å²) >= 11 is 0. The molecule has 0 fully saturated rings. The van der Waals surface area contributed by atoms with Crippen molar-refractivity contribution >= 4 is 11.3 Å². The molecule has 0 aromatic heterocycles. The number of nitro benzene ring substituents is 1. The van der Waals surface area contributed by atoms with Crippen LogP contribution in [0.4, 0.5) is 5.69 Å². The van der Waals surface area contributed by atoms with Gasteiger partial charge in [-0.25, -0.2) is 0 Å². The highest BCUT2D eigenvalue weighted by Gasteiger charge is 2.15. The Balaban J connectivity index is 2.63. The number of nitrogens with zero attached hydrogens (tertiary/aromatic N) is 2. The van der Waals surface area contributed by atoms with Crippen LogP contribution in [0.2, 0.25) is 0 Å². The molecular weight excluding hydrogens is 288 g/mol. The minimum atomic E-state index is -0.373. The van der Waals surface area contributed by atoms with Crippen LogP contribution < -0.4 is 0 Å². The molecule has 0 amide bonds. The van der Waals surface area contributed by atoms with Crippen molar-refractivity contribution in [2.24, 2.45) is 5.41 Å². The Labute approximate surface area is 138 Å². The molecule has 4 heteroatoms. The van der Waals surface area contributed by atoms with Gasteiger partial charge < -0.3 is 0 Å². The first-order valence-corrected chi connectivity index (χ1v) is 7.48. The van der Waals surface area contributed by atoms with Crippen molar-refractivity contribution in [2.75, 3.05) is 20.1 Å². The molecule has 0 saturated heterocycles. The van der Waals surface area contributed by atoms with Gasteiger partial charge in [0.1, 0.15) is 0 Å². The lowest BCUT2D eigenvalue weighted by atomic mass is 9.98. The Bertz CT molecular complexity index is 658. The summed E-state index contributed by atoms with van der Waals surface area (Å²) in [5.41, 5.74) is 1.41. The second-order valence-electron chi connectivity index (χ2n) is 6.50. The summed E-state index contributed by atoms with van der Waals surface area (Å²) in [6.45, 7) is 11.4. The summed E-state index contributed by atoms with van der Waals surface area (Å²) in [6.07, 6.45) is 3.82. The number of nitro groups is 1. The van der Waals surface area contributed by atoms with E-state index in [-0.39, 0.29) is 16.0 Å². The van der Waals surface area contributed by atoms with E-state index in [1.54, 1.807) is 18.2 Å². The monoisotopic (exact) mass is 312 g/mol. The van der Waals surface area contributed by atoms with Crippen LogP contribution in [0.3, 0.4) is 0 Å². The maximum atomic E-state index is 11.1. The average molecular weight is 312 g/mol. The van der Waals surface area contributed by atoms with Gasteiger partial charge in [-0.3, -0.25) is 15.0 Å². The lowest BCUT2D eigenvalue weighted by molar-refractivity contribution is -0.385. The molecular formula is C19H24N2O2. The molecule has 1 rings (SSSR count). The molecule has 1 aromatic carbocycles. The van der Waals surface area contributed by atoms with Crippen LogP contribution in [0, 0.1) is 27.4 Å². The topological polar surface area (TPSA) is 46.4 Å². The van der Waals surface area contributed by atoms with E-state index in [0.29, 0.717) is 18.7 Å². The molecule has 4 nitrogen and oxygen atoms in total.